The van der Waals surface area contributed by atoms with Gasteiger partial charge in [0.25, 0.3) is 0 Å². The summed E-state index contributed by atoms with van der Waals surface area (Å²) in [6.07, 6.45) is 2.67. The Hall–Kier alpha value is -2.44. The summed E-state index contributed by atoms with van der Waals surface area (Å²) in [5.74, 6) is -0.422. The summed E-state index contributed by atoms with van der Waals surface area (Å²) in [6, 6.07) is 14.9. The molecule has 26 heavy (non-hydrogen) atoms. The minimum atomic E-state index is -3.58. The number of carbonyl (C=O) groups is 1. The zero-order valence-corrected chi connectivity index (χ0v) is 15.3. The zero-order chi connectivity index (χ0) is 18.3. The van der Waals surface area contributed by atoms with Crippen molar-refractivity contribution in [3.63, 3.8) is 0 Å². The fourth-order valence-corrected chi connectivity index (χ4v) is 4.90. The summed E-state index contributed by atoms with van der Waals surface area (Å²) in [6.45, 7) is 2.59. The van der Waals surface area contributed by atoms with Gasteiger partial charge in [-0.2, -0.15) is 4.31 Å². The first kappa shape index (κ1) is 17.0. The second-order valence-corrected chi connectivity index (χ2v) is 8.61. The van der Waals surface area contributed by atoms with E-state index in [1.807, 2.05) is 36.4 Å². The number of sulfonamides is 1. The van der Waals surface area contributed by atoms with Gasteiger partial charge in [-0.1, -0.05) is 36.4 Å². The Morgan fingerprint density at radius 1 is 1.12 bits per heavy atom. The summed E-state index contributed by atoms with van der Waals surface area (Å²) in [5, 5.41) is 2.77. The molecule has 0 radical (unpaired) electrons. The monoisotopic (exact) mass is 368 g/mol. The fraction of sp³-hybridized carbons (Fsp3) is 0.250. The maximum atomic E-state index is 13.0. The molecular weight excluding hydrogens is 348 g/mol. The van der Waals surface area contributed by atoms with E-state index in [4.69, 9.17) is 0 Å². The van der Waals surface area contributed by atoms with Crippen molar-refractivity contribution in [1.82, 2.24) is 4.31 Å². The van der Waals surface area contributed by atoms with Gasteiger partial charge in [0.05, 0.1) is 10.8 Å². The number of benzene rings is 2. The quantitative estimate of drug-likeness (QED) is 0.905. The Kier molecular flexibility index (Phi) is 4.17. The van der Waals surface area contributed by atoms with Gasteiger partial charge in [-0.3, -0.25) is 4.79 Å². The molecule has 134 valence electrons. The van der Waals surface area contributed by atoms with Crippen molar-refractivity contribution < 1.29 is 13.2 Å². The van der Waals surface area contributed by atoms with E-state index in [1.54, 1.807) is 25.1 Å². The van der Waals surface area contributed by atoms with Crippen LogP contribution >= 0.6 is 0 Å². The third kappa shape index (κ3) is 2.85. The van der Waals surface area contributed by atoms with Crippen molar-refractivity contribution in [2.24, 2.45) is 0 Å². The highest BCUT2D eigenvalue weighted by Gasteiger charge is 2.31. The van der Waals surface area contributed by atoms with Crippen LogP contribution in [0, 0.1) is 0 Å². The predicted molar refractivity (Wildman–Crippen MR) is 101 cm³/mol. The van der Waals surface area contributed by atoms with Crippen molar-refractivity contribution in [3.05, 3.63) is 65.7 Å². The second-order valence-electron chi connectivity index (χ2n) is 6.67. The van der Waals surface area contributed by atoms with Crippen LogP contribution in [0.2, 0.25) is 0 Å². The number of nitrogens with zero attached hydrogens (tertiary/aromatic N) is 1. The SMILES string of the molecule is C[C@@H]1C(=O)Nc2ccc(S(=O)(=O)N3CC=C(c4ccccc4)CC3)cc21. The van der Waals surface area contributed by atoms with E-state index in [-0.39, 0.29) is 16.7 Å². The van der Waals surface area contributed by atoms with Crippen molar-refractivity contribution in [3.8, 4) is 0 Å². The molecule has 0 aliphatic carbocycles. The molecule has 0 spiro atoms. The van der Waals surface area contributed by atoms with Crippen LogP contribution in [0.1, 0.15) is 30.4 Å². The minimum Gasteiger partial charge on any atom is -0.325 e. The van der Waals surface area contributed by atoms with Gasteiger partial charge in [0.1, 0.15) is 0 Å². The Labute approximate surface area is 153 Å². The van der Waals surface area contributed by atoms with E-state index >= 15 is 0 Å². The Bertz CT molecular complexity index is 997. The molecule has 2 heterocycles. The number of amides is 1. The van der Waals surface area contributed by atoms with Gasteiger partial charge in [-0.25, -0.2) is 8.42 Å². The molecule has 0 aromatic heterocycles. The predicted octanol–water partition coefficient (Wildman–Crippen LogP) is 3.22. The zero-order valence-electron chi connectivity index (χ0n) is 14.5. The van der Waals surface area contributed by atoms with Crippen molar-refractivity contribution in [2.75, 3.05) is 18.4 Å². The molecule has 5 nitrogen and oxygen atoms in total. The largest absolute Gasteiger partial charge is 0.325 e. The molecule has 6 heteroatoms. The van der Waals surface area contributed by atoms with Crippen LogP contribution < -0.4 is 5.32 Å². The Morgan fingerprint density at radius 2 is 1.88 bits per heavy atom. The molecule has 0 saturated carbocycles. The molecule has 0 fully saturated rings. The average Bonchev–Trinajstić information content (AvgIpc) is 2.96. The van der Waals surface area contributed by atoms with Crippen LogP contribution in [0.5, 0.6) is 0 Å². The molecule has 2 aromatic carbocycles. The topological polar surface area (TPSA) is 66.5 Å². The number of rotatable bonds is 3. The molecule has 0 unspecified atom stereocenters. The van der Waals surface area contributed by atoms with Gasteiger partial charge in [0.15, 0.2) is 0 Å². The molecule has 0 saturated heterocycles. The van der Waals surface area contributed by atoms with Gasteiger partial charge in [-0.05, 0) is 48.2 Å². The number of hydrogen-bond donors (Lipinski definition) is 1. The number of anilines is 1. The van der Waals surface area contributed by atoms with Crippen LogP contribution in [0.25, 0.3) is 5.57 Å². The van der Waals surface area contributed by atoms with Gasteiger partial charge in [-0.15, -0.1) is 0 Å². The smallest absolute Gasteiger partial charge is 0.243 e. The summed E-state index contributed by atoms with van der Waals surface area (Å²) in [4.78, 5) is 12.0. The minimum absolute atomic E-state index is 0.0945. The third-order valence-electron chi connectivity index (χ3n) is 5.09. The Morgan fingerprint density at radius 3 is 2.58 bits per heavy atom. The summed E-state index contributed by atoms with van der Waals surface area (Å²) in [7, 11) is -3.58. The molecule has 1 N–H and O–H groups in total. The van der Waals surface area contributed by atoms with Crippen LogP contribution in [0.3, 0.4) is 0 Å². The van der Waals surface area contributed by atoms with Crippen molar-refractivity contribution >= 4 is 27.2 Å². The van der Waals surface area contributed by atoms with E-state index in [2.05, 4.69) is 5.32 Å². The normalized spacial score (nSPS) is 20.4. The number of carbonyl (C=O) groups excluding carboxylic acids is 1. The molecule has 2 aliphatic heterocycles. The number of fused-ring (bicyclic) bond motifs is 1. The first-order valence-electron chi connectivity index (χ1n) is 8.66. The highest BCUT2D eigenvalue weighted by molar-refractivity contribution is 7.89. The first-order valence-corrected chi connectivity index (χ1v) is 10.1. The standard InChI is InChI=1S/C20H20N2O3S/c1-14-18-13-17(7-8-19(18)21-20(14)23)26(24,25)22-11-9-16(10-12-22)15-5-3-2-4-6-15/h2-9,13-14H,10-12H2,1H3,(H,21,23)/t14-/m0/s1. The molecule has 2 aliphatic rings. The van der Waals surface area contributed by atoms with Crippen LogP contribution in [-0.4, -0.2) is 31.7 Å². The molecule has 0 bridgehead atoms. The van der Waals surface area contributed by atoms with E-state index < -0.39 is 10.0 Å². The highest BCUT2D eigenvalue weighted by atomic mass is 32.2. The fourth-order valence-electron chi connectivity index (χ4n) is 3.49. The van der Waals surface area contributed by atoms with E-state index in [9.17, 15) is 13.2 Å². The third-order valence-corrected chi connectivity index (χ3v) is 6.96. The molecule has 1 atom stereocenters. The van der Waals surface area contributed by atoms with Crippen molar-refractivity contribution in [1.29, 1.82) is 0 Å². The average molecular weight is 368 g/mol. The lowest BCUT2D eigenvalue weighted by atomic mass is 10.0. The maximum absolute atomic E-state index is 13.0. The van der Waals surface area contributed by atoms with Gasteiger partial charge in [0.2, 0.25) is 15.9 Å². The highest BCUT2D eigenvalue weighted by Crippen LogP contribution is 2.35. The van der Waals surface area contributed by atoms with Crippen molar-refractivity contribution in [2.45, 2.75) is 24.2 Å². The maximum Gasteiger partial charge on any atom is 0.243 e. The van der Waals surface area contributed by atoms with Gasteiger partial charge >= 0.3 is 0 Å². The lowest BCUT2D eigenvalue weighted by Crippen LogP contribution is -2.34. The van der Waals surface area contributed by atoms with Crippen LogP contribution in [0.15, 0.2) is 59.5 Å². The molecule has 4 rings (SSSR count). The van der Waals surface area contributed by atoms with Crippen LogP contribution in [0.4, 0.5) is 5.69 Å². The van der Waals surface area contributed by atoms with Gasteiger partial charge < -0.3 is 5.32 Å². The van der Waals surface area contributed by atoms with E-state index in [0.29, 0.717) is 25.2 Å². The number of nitrogens with one attached hydrogen (secondary N) is 1. The van der Waals surface area contributed by atoms with E-state index in [0.717, 1.165) is 11.1 Å². The lowest BCUT2D eigenvalue weighted by molar-refractivity contribution is -0.116. The van der Waals surface area contributed by atoms with Gasteiger partial charge in [0, 0.05) is 18.8 Å². The summed E-state index contributed by atoms with van der Waals surface area (Å²) < 4.78 is 27.5. The summed E-state index contributed by atoms with van der Waals surface area (Å²) in [5.41, 5.74) is 3.76. The first-order chi connectivity index (χ1) is 12.5. The van der Waals surface area contributed by atoms with Crippen LogP contribution in [-0.2, 0) is 14.8 Å². The summed E-state index contributed by atoms with van der Waals surface area (Å²) >= 11 is 0. The Balaban J connectivity index is 1.59. The lowest BCUT2D eigenvalue weighted by Gasteiger charge is -2.26. The molecular formula is C20H20N2O3S. The van der Waals surface area contributed by atoms with E-state index in [1.165, 1.54) is 9.88 Å². The second kappa shape index (κ2) is 6.37. The number of hydrogen-bond acceptors (Lipinski definition) is 3. The molecule has 2 aromatic rings. The molecule has 1 amide bonds.